The van der Waals surface area contributed by atoms with Crippen LogP contribution in [0.3, 0.4) is 0 Å². The van der Waals surface area contributed by atoms with Gasteiger partial charge in [0, 0.05) is 42.3 Å². The second-order valence-electron chi connectivity index (χ2n) is 7.70. The van der Waals surface area contributed by atoms with Gasteiger partial charge in [-0.15, -0.1) is 11.3 Å². The number of thiophene rings is 1. The van der Waals surface area contributed by atoms with Crippen molar-refractivity contribution in [1.82, 2.24) is 4.90 Å². The SMILES string of the molecule is CCOC(=O)c1c(NC(=S)N2CCN(c3ccc(F)cc3)CC2)sc(C)c1-c1ccccc1. The van der Waals surface area contributed by atoms with Crippen molar-refractivity contribution in [2.24, 2.45) is 0 Å². The third-order valence-corrected chi connectivity index (χ3v) is 6.99. The summed E-state index contributed by atoms with van der Waals surface area (Å²) >= 11 is 7.22. The molecule has 172 valence electrons. The highest BCUT2D eigenvalue weighted by molar-refractivity contribution is 7.80. The van der Waals surface area contributed by atoms with Crippen molar-refractivity contribution in [1.29, 1.82) is 0 Å². The van der Waals surface area contributed by atoms with Gasteiger partial charge >= 0.3 is 5.97 Å². The van der Waals surface area contributed by atoms with E-state index in [2.05, 4.69) is 15.1 Å². The largest absolute Gasteiger partial charge is 0.462 e. The Hall–Kier alpha value is -2.97. The lowest BCUT2D eigenvalue weighted by Crippen LogP contribution is -2.50. The van der Waals surface area contributed by atoms with Crippen LogP contribution in [0.2, 0.25) is 0 Å². The Morgan fingerprint density at radius 3 is 2.39 bits per heavy atom. The minimum atomic E-state index is -0.355. The van der Waals surface area contributed by atoms with Gasteiger partial charge in [-0.05, 0) is 55.9 Å². The molecule has 0 spiro atoms. The number of carbonyl (C=O) groups excluding carboxylic acids is 1. The Balaban J connectivity index is 1.51. The van der Waals surface area contributed by atoms with Crippen LogP contribution in [0.4, 0.5) is 15.1 Å². The number of benzene rings is 2. The molecule has 0 unspecified atom stereocenters. The van der Waals surface area contributed by atoms with Crippen molar-refractivity contribution in [2.45, 2.75) is 13.8 Å². The molecule has 0 aliphatic carbocycles. The molecule has 5 nitrogen and oxygen atoms in total. The summed E-state index contributed by atoms with van der Waals surface area (Å²) < 4.78 is 18.6. The monoisotopic (exact) mass is 483 g/mol. The predicted octanol–water partition coefficient (Wildman–Crippen LogP) is 5.56. The molecule has 0 amide bonds. The zero-order chi connectivity index (χ0) is 23.4. The van der Waals surface area contributed by atoms with Crippen LogP contribution in [-0.4, -0.2) is 48.8 Å². The second-order valence-corrected chi connectivity index (χ2v) is 9.32. The van der Waals surface area contributed by atoms with Crippen molar-refractivity contribution in [2.75, 3.05) is 43.0 Å². The van der Waals surface area contributed by atoms with Crippen LogP contribution < -0.4 is 10.2 Å². The van der Waals surface area contributed by atoms with Crippen LogP contribution in [0.25, 0.3) is 11.1 Å². The molecule has 0 radical (unpaired) electrons. The first-order valence-electron chi connectivity index (χ1n) is 10.9. The highest BCUT2D eigenvalue weighted by Gasteiger charge is 2.26. The standard InChI is InChI=1S/C25H26FN3O2S2/c1-3-31-24(30)22-21(18-7-5-4-6-8-18)17(2)33-23(22)27-25(32)29-15-13-28(14-16-29)20-11-9-19(26)10-12-20/h4-12H,3,13-16H2,1-2H3,(H,27,32). The van der Waals surface area contributed by atoms with Crippen LogP contribution in [0.1, 0.15) is 22.2 Å². The van der Waals surface area contributed by atoms with Crippen molar-refractivity contribution in [3.05, 3.63) is 70.9 Å². The minimum absolute atomic E-state index is 0.235. The third kappa shape index (κ3) is 5.17. The van der Waals surface area contributed by atoms with E-state index in [1.165, 1.54) is 23.5 Å². The lowest BCUT2D eigenvalue weighted by molar-refractivity contribution is 0.0529. The van der Waals surface area contributed by atoms with Gasteiger partial charge in [0.1, 0.15) is 16.4 Å². The zero-order valence-electron chi connectivity index (χ0n) is 18.6. The molecule has 2 heterocycles. The highest BCUT2D eigenvalue weighted by Crippen LogP contribution is 2.40. The number of anilines is 2. The second kappa shape index (κ2) is 10.3. The molecule has 1 aromatic heterocycles. The van der Waals surface area contributed by atoms with Gasteiger partial charge < -0.3 is 19.9 Å². The molecule has 3 aromatic rings. The Kier molecular flexibility index (Phi) is 7.25. The smallest absolute Gasteiger partial charge is 0.341 e. The van der Waals surface area contributed by atoms with E-state index >= 15 is 0 Å². The number of piperazine rings is 1. The van der Waals surface area contributed by atoms with Crippen LogP contribution in [0, 0.1) is 12.7 Å². The summed E-state index contributed by atoms with van der Waals surface area (Å²) in [6.45, 7) is 7.12. The summed E-state index contributed by atoms with van der Waals surface area (Å²) in [5, 5.41) is 4.61. The van der Waals surface area contributed by atoms with E-state index in [4.69, 9.17) is 17.0 Å². The van der Waals surface area contributed by atoms with Gasteiger partial charge in [0.2, 0.25) is 0 Å². The number of ether oxygens (including phenoxy) is 1. The average Bonchev–Trinajstić information content (AvgIpc) is 3.16. The molecule has 2 aromatic carbocycles. The maximum Gasteiger partial charge on any atom is 0.341 e. The molecule has 0 atom stereocenters. The highest BCUT2D eigenvalue weighted by atomic mass is 32.1. The lowest BCUT2D eigenvalue weighted by atomic mass is 10.0. The summed E-state index contributed by atoms with van der Waals surface area (Å²) in [5.74, 6) is -0.589. The Morgan fingerprint density at radius 2 is 1.76 bits per heavy atom. The van der Waals surface area contributed by atoms with Gasteiger partial charge in [-0.3, -0.25) is 0 Å². The van der Waals surface area contributed by atoms with E-state index in [1.54, 1.807) is 19.1 Å². The van der Waals surface area contributed by atoms with E-state index < -0.39 is 0 Å². The summed E-state index contributed by atoms with van der Waals surface area (Å²) in [6.07, 6.45) is 0. The first kappa shape index (κ1) is 23.2. The van der Waals surface area contributed by atoms with E-state index in [1.807, 2.05) is 37.3 Å². The van der Waals surface area contributed by atoms with E-state index in [-0.39, 0.29) is 11.8 Å². The number of rotatable bonds is 5. The van der Waals surface area contributed by atoms with Gasteiger partial charge in [-0.25, -0.2) is 9.18 Å². The minimum Gasteiger partial charge on any atom is -0.462 e. The van der Waals surface area contributed by atoms with Crippen molar-refractivity contribution in [3.63, 3.8) is 0 Å². The molecular formula is C25H26FN3O2S2. The topological polar surface area (TPSA) is 44.8 Å². The molecule has 1 aliphatic rings. The molecular weight excluding hydrogens is 457 g/mol. The fourth-order valence-corrected chi connectivity index (χ4v) is 5.39. The summed E-state index contributed by atoms with van der Waals surface area (Å²) in [7, 11) is 0. The Morgan fingerprint density at radius 1 is 1.09 bits per heavy atom. The predicted molar refractivity (Wildman–Crippen MR) is 137 cm³/mol. The number of carbonyl (C=O) groups is 1. The normalized spacial score (nSPS) is 13.7. The van der Waals surface area contributed by atoms with E-state index in [0.29, 0.717) is 22.3 Å². The number of thiocarbonyl (C=S) groups is 1. The summed E-state index contributed by atoms with van der Waals surface area (Å²) in [6, 6.07) is 16.4. The van der Waals surface area contributed by atoms with Gasteiger partial charge in [0.05, 0.1) is 6.61 Å². The molecule has 4 rings (SSSR count). The maximum absolute atomic E-state index is 13.2. The third-order valence-electron chi connectivity index (χ3n) is 5.61. The molecule has 33 heavy (non-hydrogen) atoms. The lowest BCUT2D eigenvalue weighted by Gasteiger charge is -2.37. The molecule has 1 aliphatic heterocycles. The zero-order valence-corrected chi connectivity index (χ0v) is 20.3. The number of hydrogen-bond donors (Lipinski definition) is 1. The molecule has 0 bridgehead atoms. The van der Waals surface area contributed by atoms with Crippen LogP contribution in [0.15, 0.2) is 54.6 Å². The van der Waals surface area contributed by atoms with Crippen molar-refractivity contribution < 1.29 is 13.9 Å². The first-order chi connectivity index (χ1) is 16.0. The number of nitrogens with one attached hydrogen (secondary N) is 1. The number of halogens is 1. The first-order valence-corrected chi connectivity index (χ1v) is 12.1. The van der Waals surface area contributed by atoms with Gasteiger partial charge in [-0.2, -0.15) is 0 Å². The van der Waals surface area contributed by atoms with Gasteiger partial charge in [0.25, 0.3) is 0 Å². The van der Waals surface area contributed by atoms with E-state index in [0.717, 1.165) is 47.9 Å². The van der Waals surface area contributed by atoms with Crippen molar-refractivity contribution >= 4 is 45.3 Å². The summed E-state index contributed by atoms with van der Waals surface area (Å²) in [4.78, 5) is 18.2. The van der Waals surface area contributed by atoms with Crippen molar-refractivity contribution in [3.8, 4) is 11.1 Å². The molecule has 8 heteroatoms. The fourth-order valence-electron chi connectivity index (χ4n) is 3.98. The quantitative estimate of drug-likeness (QED) is 0.379. The average molecular weight is 484 g/mol. The molecule has 1 fully saturated rings. The molecule has 1 saturated heterocycles. The Labute approximate surface area is 202 Å². The number of hydrogen-bond acceptors (Lipinski definition) is 5. The van der Waals surface area contributed by atoms with Gasteiger partial charge in [0.15, 0.2) is 5.11 Å². The van der Waals surface area contributed by atoms with Crippen LogP contribution >= 0.6 is 23.6 Å². The van der Waals surface area contributed by atoms with Crippen LogP contribution in [0.5, 0.6) is 0 Å². The molecule has 1 N–H and O–H groups in total. The van der Waals surface area contributed by atoms with E-state index in [9.17, 15) is 9.18 Å². The molecule has 0 saturated carbocycles. The Bertz CT molecular complexity index is 1120. The van der Waals surface area contributed by atoms with Crippen LogP contribution in [-0.2, 0) is 4.74 Å². The number of nitrogens with zero attached hydrogens (tertiary/aromatic N) is 2. The number of aryl methyl sites for hydroxylation is 1. The maximum atomic E-state index is 13.2. The fraction of sp³-hybridized carbons (Fsp3) is 0.280. The summed E-state index contributed by atoms with van der Waals surface area (Å²) in [5.41, 5.74) is 3.38. The number of esters is 1. The van der Waals surface area contributed by atoms with Gasteiger partial charge in [-0.1, -0.05) is 30.3 Å².